The molecular formula is C10H15N5O2. The van der Waals surface area contributed by atoms with Gasteiger partial charge in [-0.05, 0) is 19.8 Å². The molecule has 0 aliphatic heterocycles. The van der Waals surface area contributed by atoms with Crippen LogP contribution < -0.4 is 5.73 Å². The lowest BCUT2D eigenvalue weighted by molar-refractivity contribution is -0.118. The number of likely N-dealkylation sites (N-methyl/N-ethyl adjacent to an activating group) is 1. The summed E-state index contributed by atoms with van der Waals surface area (Å²) in [6.45, 7) is 2.06. The van der Waals surface area contributed by atoms with Crippen LogP contribution in [0.25, 0.3) is 0 Å². The van der Waals surface area contributed by atoms with Crippen LogP contribution in [0.5, 0.6) is 0 Å². The second-order valence-electron chi connectivity index (χ2n) is 4.10. The summed E-state index contributed by atoms with van der Waals surface area (Å²) in [6, 6.07) is 0. The van der Waals surface area contributed by atoms with Crippen molar-refractivity contribution in [1.82, 2.24) is 20.1 Å². The molecule has 1 saturated carbocycles. The fraction of sp³-hybridized carbons (Fsp3) is 0.600. The van der Waals surface area contributed by atoms with Gasteiger partial charge in [0.2, 0.25) is 11.7 Å². The Balaban J connectivity index is 2.07. The van der Waals surface area contributed by atoms with E-state index >= 15 is 0 Å². The van der Waals surface area contributed by atoms with Gasteiger partial charge < -0.3 is 10.6 Å². The number of carbonyl (C=O) groups is 2. The summed E-state index contributed by atoms with van der Waals surface area (Å²) >= 11 is 0. The standard InChI is InChI=1S/C10H15N5O2/c1-2-15(5-7(11)16)10(17)9-12-8(13-14-9)6-3-4-6/h6H,2-5H2,1H3,(H2,11,16)(H,12,13,14). The van der Waals surface area contributed by atoms with Gasteiger partial charge in [0.25, 0.3) is 5.91 Å². The van der Waals surface area contributed by atoms with Crippen LogP contribution in [0.1, 0.15) is 42.1 Å². The summed E-state index contributed by atoms with van der Waals surface area (Å²) < 4.78 is 0. The molecule has 0 aromatic carbocycles. The molecule has 0 spiro atoms. The largest absolute Gasteiger partial charge is 0.368 e. The summed E-state index contributed by atoms with van der Waals surface area (Å²) in [4.78, 5) is 28.2. The highest BCUT2D eigenvalue weighted by atomic mass is 16.2. The zero-order valence-electron chi connectivity index (χ0n) is 9.64. The van der Waals surface area contributed by atoms with Crippen LogP contribution in [0.2, 0.25) is 0 Å². The predicted octanol–water partition coefficient (Wildman–Crippen LogP) is -0.371. The van der Waals surface area contributed by atoms with Crippen molar-refractivity contribution in [1.29, 1.82) is 0 Å². The third-order valence-corrected chi connectivity index (χ3v) is 2.67. The van der Waals surface area contributed by atoms with Crippen LogP contribution >= 0.6 is 0 Å². The van der Waals surface area contributed by atoms with Crippen molar-refractivity contribution < 1.29 is 9.59 Å². The first kappa shape index (κ1) is 11.6. The Labute approximate surface area is 98.4 Å². The van der Waals surface area contributed by atoms with Gasteiger partial charge >= 0.3 is 0 Å². The van der Waals surface area contributed by atoms with Crippen LogP contribution in [-0.4, -0.2) is 45.0 Å². The van der Waals surface area contributed by atoms with Crippen LogP contribution in [0.4, 0.5) is 0 Å². The van der Waals surface area contributed by atoms with Crippen molar-refractivity contribution in [3.8, 4) is 0 Å². The molecule has 7 heteroatoms. The van der Waals surface area contributed by atoms with Gasteiger partial charge in [0.15, 0.2) is 0 Å². The summed E-state index contributed by atoms with van der Waals surface area (Å²) in [5.74, 6) is 0.362. The number of nitrogens with zero attached hydrogens (tertiary/aromatic N) is 3. The van der Waals surface area contributed by atoms with Gasteiger partial charge in [-0.2, -0.15) is 0 Å². The number of nitrogens with one attached hydrogen (secondary N) is 1. The molecule has 1 aliphatic carbocycles. The molecule has 17 heavy (non-hydrogen) atoms. The molecule has 3 N–H and O–H groups in total. The Bertz CT molecular complexity index is 438. The summed E-state index contributed by atoms with van der Waals surface area (Å²) in [7, 11) is 0. The van der Waals surface area contributed by atoms with Crippen LogP contribution in [0.15, 0.2) is 0 Å². The van der Waals surface area contributed by atoms with E-state index in [1.165, 1.54) is 4.90 Å². The Hall–Kier alpha value is -1.92. The minimum Gasteiger partial charge on any atom is -0.368 e. The van der Waals surface area contributed by atoms with Gasteiger partial charge in [-0.3, -0.25) is 14.7 Å². The van der Waals surface area contributed by atoms with E-state index in [9.17, 15) is 9.59 Å². The first-order valence-corrected chi connectivity index (χ1v) is 5.61. The van der Waals surface area contributed by atoms with E-state index < -0.39 is 5.91 Å². The van der Waals surface area contributed by atoms with Crippen LogP contribution in [0.3, 0.4) is 0 Å². The van der Waals surface area contributed by atoms with Crippen molar-refractivity contribution >= 4 is 11.8 Å². The molecule has 0 radical (unpaired) electrons. The Morgan fingerprint density at radius 2 is 2.24 bits per heavy atom. The van der Waals surface area contributed by atoms with E-state index in [1.54, 1.807) is 6.92 Å². The molecule has 1 aliphatic rings. The van der Waals surface area contributed by atoms with E-state index in [-0.39, 0.29) is 18.3 Å². The molecule has 1 aromatic heterocycles. The van der Waals surface area contributed by atoms with E-state index in [2.05, 4.69) is 15.2 Å². The Morgan fingerprint density at radius 3 is 2.76 bits per heavy atom. The summed E-state index contributed by atoms with van der Waals surface area (Å²) in [5.41, 5.74) is 5.07. The molecule has 2 rings (SSSR count). The van der Waals surface area contributed by atoms with Gasteiger partial charge in [-0.15, -0.1) is 5.10 Å². The zero-order valence-corrected chi connectivity index (χ0v) is 9.64. The van der Waals surface area contributed by atoms with Crippen LogP contribution in [-0.2, 0) is 4.79 Å². The normalized spacial score (nSPS) is 14.6. The third-order valence-electron chi connectivity index (χ3n) is 2.67. The number of H-pyrrole nitrogens is 1. The number of carbonyl (C=O) groups excluding carboxylic acids is 2. The maximum Gasteiger partial charge on any atom is 0.293 e. The third kappa shape index (κ3) is 2.61. The molecule has 92 valence electrons. The maximum atomic E-state index is 11.9. The lowest BCUT2D eigenvalue weighted by atomic mass is 10.4. The zero-order chi connectivity index (χ0) is 12.4. The SMILES string of the molecule is CCN(CC(N)=O)C(=O)c1n[nH]c(C2CC2)n1. The van der Waals surface area contributed by atoms with E-state index in [0.717, 1.165) is 18.7 Å². The highest BCUT2D eigenvalue weighted by Crippen LogP contribution is 2.37. The molecule has 0 unspecified atom stereocenters. The lowest BCUT2D eigenvalue weighted by Crippen LogP contribution is -2.38. The first-order chi connectivity index (χ1) is 8.11. The number of aromatic amines is 1. The molecule has 7 nitrogen and oxygen atoms in total. The van der Waals surface area contributed by atoms with Crippen molar-refractivity contribution in [3.05, 3.63) is 11.6 Å². The van der Waals surface area contributed by atoms with Crippen molar-refractivity contribution in [2.45, 2.75) is 25.7 Å². The van der Waals surface area contributed by atoms with Crippen molar-refractivity contribution in [2.75, 3.05) is 13.1 Å². The molecule has 2 amide bonds. The van der Waals surface area contributed by atoms with E-state index in [0.29, 0.717) is 12.5 Å². The number of aromatic nitrogens is 3. The summed E-state index contributed by atoms with van der Waals surface area (Å²) in [5, 5.41) is 6.63. The minimum atomic E-state index is -0.543. The molecular weight excluding hydrogens is 222 g/mol. The second kappa shape index (κ2) is 4.52. The first-order valence-electron chi connectivity index (χ1n) is 5.61. The quantitative estimate of drug-likeness (QED) is 0.728. The van der Waals surface area contributed by atoms with Crippen molar-refractivity contribution in [3.63, 3.8) is 0 Å². The molecule has 0 atom stereocenters. The number of primary amides is 1. The monoisotopic (exact) mass is 237 g/mol. The van der Waals surface area contributed by atoms with Gasteiger partial charge in [0.05, 0.1) is 6.54 Å². The topological polar surface area (TPSA) is 105 Å². The summed E-state index contributed by atoms with van der Waals surface area (Å²) in [6.07, 6.45) is 2.17. The molecule has 0 bridgehead atoms. The predicted molar refractivity (Wildman–Crippen MR) is 59.1 cm³/mol. The van der Waals surface area contributed by atoms with Crippen LogP contribution in [0, 0.1) is 0 Å². The lowest BCUT2D eigenvalue weighted by Gasteiger charge is -2.16. The average Bonchev–Trinajstić information content (AvgIpc) is 3.03. The number of rotatable bonds is 5. The van der Waals surface area contributed by atoms with E-state index in [4.69, 9.17) is 5.73 Å². The minimum absolute atomic E-state index is 0.106. The maximum absolute atomic E-state index is 11.9. The second-order valence-corrected chi connectivity index (χ2v) is 4.10. The number of nitrogens with two attached hydrogens (primary N) is 1. The fourth-order valence-electron chi connectivity index (χ4n) is 1.57. The average molecular weight is 237 g/mol. The van der Waals surface area contributed by atoms with Gasteiger partial charge in [0.1, 0.15) is 5.82 Å². The molecule has 1 fully saturated rings. The Morgan fingerprint density at radius 1 is 1.53 bits per heavy atom. The number of hydrogen-bond donors (Lipinski definition) is 2. The molecule has 1 heterocycles. The highest BCUT2D eigenvalue weighted by Gasteiger charge is 2.29. The molecule has 1 aromatic rings. The fourth-order valence-corrected chi connectivity index (χ4v) is 1.57. The van der Waals surface area contributed by atoms with Gasteiger partial charge in [-0.1, -0.05) is 0 Å². The number of hydrogen-bond acceptors (Lipinski definition) is 4. The molecule has 0 saturated heterocycles. The Kier molecular flexibility index (Phi) is 3.08. The highest BCUT2D eigenvalue weighted by molar-refractivity contribution is 5.93. The van der Waals surface area contributed by atoms with Crippen molar-refractivity contribution in [2.24, 2.45) is 5.73 Å². The van der Waals surface area contributed by atoms with E-state index in [1.807, 2.05) is 0 Å². The number of amides is 2. The van der Waals surface area contributed by atoms with Gasteiger partial charge in [-0.25, -0.2) is 4.98 Å². The smallest absolute Gasteiger partial charge is 0.293 e. The van der Waals surface area contributed by atoms with Gasteiger partial charge in [0, 0.05) is 12.5 Å².